The van der Waals surface area contributed by atoms with Gasteiger partial charge >= 0.3 is 5.97 Å². The van der Waals surface area contributed by atoms with Gasteiger partial charge in [-0.2, -0.15) is 5.26 Å². The molecule has 0 saturated heterocycles. The smallest absolute Gasteiger partial charge is 0.323 e. The monoisotopic (exact) mass is 350 g/mol. The zero-order chi connectivity index (χ0) is 18.8. The quantitative estimate of drug-likeness (QED) is 0.698. The Hall–Kier alpha value is -2.64. The molecule has 0 bridgehead atoms. The zero-order valence-corrected chi connectivity index (χ0v) is 15.4. The summed E-state index contributed by atoms with van der Waals surface area (Å²) >= 11 is 0. The molecule has 0 aromatic heterocycles. The summed E-state index contributed by atoms with van der Waals surface area (Å²) in [5, 5.41) is 12.6. The zero-order valence-electron chi connectivity index (χ0n) is 15.4. The van der Waals surface area contributed by atoms with Crippen LogP contribution in [-0.4, -0.2) is 18.1 Å². The molecule has 0 aliphatic carbocycles. The summed E-state index contributed by atoms with van der Waals surface area (Å²) < 4.78 is 5.45. The van der Waals surface area contributed by atoms with Crippen LogP contribution in [-0.2, 0) is 22.6 Å². The topological polar surface area (TPSA) is 62.1 Å². The van der Waals surface area contributed by atoms with E-state index in [0.29, 0.717) is 6.42 Å². The molecule has 2 atom stereocenters. The molecule has 0 heterocycles. The van der Waals surface area contributed by atoms with Gasteiger partial charge in [-0.3, -0.25) is 10.1 Å². The Bertz CT molecular complexity index is 708. The van der Waals surface area contributed by atoms with E-state index in [9.17, 15) is 10.1 Å². The maximum absolute atomic E-state index is 12.5. The third-order valence-electron chi connectivity index (χ3n) is 4.25. The lowest BCUT2D eigenvalue weighted by Gasteiger charge is -2.23. The van der Waals surface area contributed by atoms with E-state index in [1.54, 1.807) is 0 Å². The fourth-order valence-electron chi connectivity index (χ4n) is 2.71. The molecule has 0 spiro atoms. The number of hydrogen-bond donors (Lipinski definition) is 1. The van der Waals surface area contributed by atoms with Crippen LogP contribution in [0.5, 0.6) is 0 Å². The van der Waals surface area contributed by atoms with E-state index in [2.05, 4.69) is 11.4 Å². The molecule has 2 rings (SSSR count). The molecule has 0 amide bonds. The highest BCUT2D eigenvalue weighted by Crippen LogP contribution is 2.11. The second kappa shape index (κ2) is 10.4. The summed E-state index contributed by atoms with van der Waals surface area (Å²) in [7, 11) is 0. The summed E-state index contributed by atoms with van der Waals surface area (Å²) in [4.78, 5) is 12.5. The molecule has 1 N–H and O–H groups in total. The van der Waals surface area contributed by atoms with Gasteiger partial charge in [0.2, 0.25) is 0 Å². The number of carbonyl (C=O) groups is 1. The second-order valence-corrected chi connectivity index (χ2v) is 6.69. The van der Waals surface area contributed by atoms with Gasteiger partial charge in [0.25, 0.3) is 0 Å². The number of nitriles is 1. The molecular weight excluding hydrogens is 324 g/mol. The molecule has 1 unspecified atom stereocenters. The van der Waals surface area contributed by atoms with Crippen molar-refractivity contribution in [2.24, 2.45) is 5.92 Å². The number of hydrogen-bond acceptors (Lipinski definition) is 4. The number of esters is 1. The molecule has 2 aromatic carbocycles. The van der Waals surface area contributed by atoms with Gasteiger partial charge in [-0.15, -0.1) is 0 Å². The van der Waals surface area contributed by atoms with Gasteiger partial charge < -0.3 is 4.74 Å². The number of aryl methyl sites for hydroxylation is 1. The van der Waals surface area contributed by atoms with E-state index in [4.69, 9.17) is 4.74 Å². The van der Waals surface area contributed by atoms with E-state index >= 15 is 0 Å². The highest BCUT2D eigenvalue weighted by Gasteiger charge is 2.26. The van der Waals surface area contributed by atoms with Crippen molar-refractivity contribution >= 4 is 5.97 Å². The predicted molar refractivity (Wildman–Crippen MR) is 102 cm³/mol. The van der Waals surface area contributed by atoms with Crippen molar-refractivity contribution in [1.82, 2.24) is 5.32 Å². The van der Waals surface area contributed by atoms with Crippen LogP contribution in [0.4, 0.5) is 0 Å². The van der Waals surface area contributed by atoms with E-state index in [1.807, 2.05) is 74.5 Å². The van der Waals surface area contributed by atoms with Gasteiger partial charge in [-0.05, 0) is 29.9 Å². The minimum absolute atomic E-state index is 0.0332. The molecule has 26 heavy (non-hydrogen) atoms. The maximum atomic E-state index is 12.5. The van der Waals surface area contributed by atoms with Gasteiger partial charge in [0.15, 0.2) is 0 Å². The Kier molecular flexibility index (Phi) is 7.85. The fraction of sp³-hybridized carbons (Fsp3) is 0.364. The summed E-state index contributed by atoms with van der Waals surface area (Å²) in [6.07, 6.45) is 1.44. The average Bonchev–Trinajstić information content (AvgIpc) is 2.67. The van der Waals surface area contributed by atoms with Gasteiger partial charge in [-0.25, -0.2) is 0 Å². The minimum Gasteiger partial charge on any atom is -0.460 e. The number of nitrogens with one attached hydrogen (secondary N) is 1. The van der Waals surface area contributed by atoms with E-state index in [-0.39, 0.29) is 18.5 Å². The van der Waals surface area contributed by atoms with Crippen LogP contribution >= 0.6 is 0 Å². The van der Waals surface area contributed by atoms with Crippen molar-refractivity contribution in [3.8, 4) is 6.07 Å². The van der Waals surface area contributed by atoms with Crippen molar-refractivity contribution in [2.45, 2.75) is 45.4 Å². The SMILES string of the molecule is CC(C)[C@H](NC(C#N)CCc1ccccc1)C(=O)OCc1ccccc1. The van der Waals surface area contributed by atoms with Crippen molar-refractivity contribution in [2.75, 3.05) is 0 Å². The Morgan fingerprint density at radius 2 is 1.62 bits per heavy atom. The highest BCUT2D eigenvalue weighted by molar-refractivity contribution is 5.76. The van der Waals surface area contributed by atoms with E-state index < -0.39 is 12.1 Å². The average molecular weight is 350 g/mol. The molecule has 136 valence electrons. The van der Waals surface area contributed by atoms with Gasteiger partial charge in [0.1, 0.15) is 12.6 Å². The molecule has 0 aliphatic rings. The van der Waals surface area contributed by atoms with Crippen molar-refractivity contribution in [3.63, 3.8) is 0 Å². The number of benzene rings is 2. The molecule has 0 radical (unpaired) electrons. The van der Waals surface area contributed by atoms with Crippen molar-refractivity contribution < 1.29 is 9.53 Å². The molecule has 0 aliphatic heterocycles. The fourth-order valence-corrected chi connectivity index (χ4v) is 2.71. The van der Waals surface area contributed by atoms with Gasteiger partial charge in [-0.1, -0.05) is 74.5 Å². The first kappa shape index (κ1) is 19.7. The lowest BCUT2D eigenvalue weighted by Crippen LogP contribution is -2.47. The first-order chi connectivity index (χ1) is 12.6. The van der Waals surface area contributed by atoms with Crippen molar-refractivity contribution in [3.05, 3.63) is 71.8 Å². The van der Waals surface area contributed by atoms with Crippen LogP contribution in [0, 0.1) is 17.2 Å². The molecule has 2 aromatic rings. The van der Waals surface area contributed by atoms with Crippen LogP contribution in [0.3, 0.4) is 0 Å². The number of ether oxygens (including phenoxy) is 1. The van der Waals surface area contributed by atoms with Crippen LogP contribution < -0.4 is 5.32 Å². The summed E-state index contributed by atoms with van der Waals surface area (Å²) in [6.45, 7) is 4.14. The summed E-state index contributed by atoms with van der Waals surface area (Å²) in [6, 6.07) is 21.0. The first-order valence-electron chi connectivity index (χ1n) is 9.00. The Labute approximate surface area is 155 Å². The van der Waals surface area contributed by atoms with Crippen LogP contribution in [0.25, 0.3) is 0 Å². The van der Waals surface area contributed by atoms with E-state index in [1.165, 1.54) is 5.56 Å². The van der Waals surface area contributed by atoms with Crippen molar-refractivity contribution in [1.29, 1.82) is 5.26 Å². The lowest BCUT2D eigenvalue weighted by molar-refractivity contribution is -0.148. The third-order valence-corrected chi connectivity index (χ3v) is 4.25. The van der Waals surface area contributed by atoms with Gasteiger partial charge in [0.05, 0.1) is 12.1 Å². The molecule has 4 heteroatoms. The summed E-state index contributed by atoms with van der Waals surface area (Å²) in [5.41, 5.74) is 2.13. The lowest BCUT2D eigenvalue weighted by atomic mass is 10.0. The number of carbonyl (C=O) groups excluding carboxylic acids is 1. The first-order valence-corrected chi connectivity index (χ1v) is 9.00. The Morgan fingerprint density at radius 3 is 2.15 bits per heavy atom. The molecule has 0 fully saturated rings. The molecule has 4 nitrogen and oxygen atoms in total. The van der Waals surface area contributed by atoms with Gasteiger partial charge in [0, 0.05) is 0 Å². The molecular formula is C22H26N2O2. The predicted octanol–water partition coefficient (Wildman–Crippen LogP) is 3.87. The second-order valence-electron chi connectivity index (χ2n) is 6.69. The normalized spacial score (nSPS) is 13.0. The number of nitrogens with zero attached hydrogens (tertiary/aromatic N) is 1. The number of rotatable bonds is 9. The van der Waals surface area contributed by atoms with Crippen LogP contribution in [0.2, 0.25) is 0 Å². The van der Waals surface area contributed by atoms with Crippen LogP contribution in [0.15, 0.2) is 60.7 Å². The Morgan fingerprint density at radius 1 is 1.04 bits per heavy atom. The standard InChI is InChI=1S/C22H26N2O2/c1-17(2)21(22(25)26-16-19-11-7-4-8-12-19)24-20(15-23)14-13-18-9-5-3-6-10-18/h3-12,17,20-21,24H,13-14,16H2,1-2H3/t20?,21-/m0/s1. The molecule has 0 saturated carbocycles. The largest absolute Gasteiger partial charge is 0.460 e. The maximum Gasteiger partial charge on any atom is 0.323 e. The third kappa shape index (κ3) is 6.34. The van der Waals surface area contributed by atoms with Crippen LogP contribution in [0.1, 0.15) is 31.4 Å². The minimum atomic E-state index is -0.501. The summed E-state index contributed by atoms with van der Waals surface area (Å²) in [5.74, 6) is -0.283. The highest BCUT2D eigenvalue weighted by atomic mass is 16.5. The Balaban J connectivity index is 1.90. The van der Waals surface area contributed by atoms with E-state index in [0.717, 1.165) is 12.0 Å².